The fourth-order valence-corrected chi connectivity index (χ4v) is 2.50. The number of carbonyl (C=O) groups excluding carboxylic acids is 1. The van der Waals surface area contributed by atoms with Gasteiger partial charge in [-0.25, -0.2) is 4.68 Å². The highest BCUT2D eigenvalue weighted by Gasteiger charge is 2.23. The number of hydrogen-bond donors (Lipinski definition) is 3. The summed E-state index contributed by atoms with van der Waals surface area (Å²) in [7, 11) is 0. The zero-order valence-electron chi connectivity index (χ0n) is 10.4. The highest BCUT2D eigenvalue weighted by molar-refractivity contribution is 5.90. The van der Waals surface area contributed by atoms with Gasteiger partial charge in [0.15, 0.2) is 0 Å². The number of amides is 1. The van der Waals surface area contributed by atoms with Crippen LogP contribution in [0.1, 0.15) is 25.3 Å². The van der Waals surface area contributed by atoms with Crippen LogP contribution in [0.2, 0.25) is 0 Å². The third-order valence-corrected chi connectivity index (χ3v) is 3.64. The van der Waals surface area contributed by atoms with E-state index in [1.165, 1.54) is 6.42 Å². The summed E-state index contributed by atoms with van der Waals surface area (Å²) in [6, 6.07) is 2.57. The van der Waals surface area contributed by atoms with Crippen LogP contribution >= 0.6 is 0 Å². The molecule has 2 saturated heterocycles. The molecule has 0 radical (unpaired) electrons. The fourth-order valence-electron chi connectivity index (χ4n) is 2.50. The Kier molecular flexibility index (Phi) is 3.29. The van der Waals surface area contributed by atoms with Gasteiger partial charge in [0.2, 0.25) is 5.91 Å². The van der Waals surface area contributed by atoms with E-state index in [9.17, 15) is 4.79 Å². The van der Waals surface area contributed by atoms with Gasteiger partial charge in [-0.3, -0.25) is 4.79 Å². The van der Waals surface area contributed by atoms with Gasteiger partial charge < -0.3 is 16.0 Å². The van der Waals surface area contributed by atoms with Gasteiger partial charge in [-0.1, -0.05) is 0 Å². The Hall–Kier alpha value is -1.40. The number of carbonyl (C=O) groups is 1. The number of aromatic nitrogens is 2. The van der Waals surface area contributed by atoms with Gasteiger partial charge in [-0.05, 0) is 19.4 Å². The van der Waals surface area contributed by atoms with Crippen molar-refractivity contribution in [3.05, 3.63) is 12.3 Å². The van der Waals surface area contributed by atoms with Crippen LogP contribution in [0.15, 0.2) is 12.3 Å². The zero-order valence-corrected chi connectivity index (χ0v) is 10.4. The van der Waals surface area contributed by atoms with Crippen molar-refractivity contribution < 1.29 is 4.79 Å². The molecule has 1 aromatic rings. The van der Waals surface area contributed by atoms with Crippen LogP contribution in [0.5, 0.6) is 0 Å². The van der Waals surface area contributed by atoms with Gasteiger partial charge in [-0.15, -0.1) is 0 Å². The van der Waals surface area contributed by atoms with Crippen LogP contribution in [0.4, 0.5) is 5.82 Å². The molecule has 3 rings (SSSR count). The lowest BCUT2D eigenvalue weighted by molar-refractivity contribution is -0.116. The molecule has 6 nitrogen and oxygen atoms in total. The van der Waals surface area contributed by atoms with Gasteiger partial charge >= 0.3 is 0 Å². The second kappa shape index (κ2) is 5.07. The maximum atomic E-state index is 11.9. The highest BCUT2D eigenvalue weighted by atomic mass is 16.1. The topological polar surface area (TPSA) is 71.0 Å². The summed E-state index contributed by atoms with van der Waals surface area (Å²) in [5.74, 6) is 0.882. The maximum absolute atomic E-state index is 11.9. The summed E-state index contributed by atoms with van der Waals surface area (Å²) in [5, 5.41) is 13.8. The van der Waals surface area contributed by atoms with Crippen LogP contribution in [0.3, 0.4) is 0 Å². The molecular weight excluding hydrogens is 230 g/mol. The van der Waals surface area contributed by atoms with Crippen molar-refractivity contribution in [2.45, 2.75) is 31.3 Å². The van der Waals surface area contributed by atoms with Crippen LogP contribution in [0.25, 0.3) is 0 Å². The van der Waals surface area contributed by atoms with Crippen LogP contribution in [0, 0.1) is 0 Å². The molecule has 2 fully saturated rings. The van der Waals surface area contributed by atoms with Gasteiger partial charge in [-0.2, -0.15) is 5.10 Å². The SMILES string of the molecule is O=C(CC1CCCN1)Nc1ccnn1C1CNC1. The first-order chi connectivity index (χ1) is 8.83. The Bertz CT molecular complexity index is 420. The number of hydrogen-bond acceptors (Lipinski definition) is 4. The first-order valence-corrected chi connectivity index (χ1v) is 6.60. The predicted octanol–water partition coefficient (Wildman–Crippen LogP) is 0.108. The van der Waals surface area contributed by atoms with E-state index in [1.54, 1.807) is 6.20 Å². The Labute approximate surface area is 106 Å². The normalized spacial score (nSPS) is 23.9. The Morgan fingerprint density at radius 1 is 1.56 bits per heavy atom. The zero-order chi connectivity index (χ0) is 12.4. The molecule has 2 aliphatic rings. The number of nitrogens with one attached hydrogen (secondary N) is 3. The summed E-state index contributed by atoms with van der Waals surface area (Å²) in [4.78, 5) is 11.9. The average Bonchev–Trinajstić information content (AvgIpc) is 2.89. The highest BCUT2D eigenvalue weighted by Crippen LogP contribution is 2.18. The van der Waals surface area contributed by atoms with E-state index in [2.05, 4.69) is 21.0 Å². The second-order valence-corrected chi connectivity index (χ2v) is 5.02. The van der Waals surface area contributed by atoms with E-state index in [0.29, 0.717) is 18.5 Å². The van der Waals surface area contributed by atoms with E-state index < -0.39 is 0 Å². The van der Waals surface area contributed by atoms with Crippen LogP contribution in [-0.4, -0.2) is 41.4 Å². The first-order valence-electron chi connectivity index (χ1n) is 6.60. The standard InChI is InChI=1S/C12H19N5O/c18-12(6-9-2-1-4-14-9)16-11-3-5-15-17(11)10-7-13-8-10/h3,5,9-10,13-14H,1-2,4,6-8H2,(H,16,18). The quantitative estimate of drug-likeness (QED) is 0.708. The third-order valence-electron chi connectivity index (χ3n) is 3.64. The fraction of sp³-hybridized carbons (Fsp3) is 0.667. The summed E-state index contributed by atoms with van der Waals surface area (Å²) in [5.41, 5.74) is 0. The lowest BCUT2D eigenvalue weighted by Crippen LogP contribution is -2.44. The molecule has 1 unspecified atom stereocenters. The molecule has 1 amide bonds. The van der Waals surface area contributed by atoms with Crippen molar-refractivity contribution in [1.82, 2.24) is 20.4 Å². The molecule has 98 valence electrons. The van der Waals surface area contributed by atoms with Crippen molar-refractivity contribution in [1.29, 1.82) is 0 Å². The molecule has 3 heterocycles. The molecule has 18 heavy (non-hydrogen) atoms. The molecule has 1 aromatic heterocycles. The monoisotopic (exact) mass is 249 g/mol. The molecule has 6 heteroatoms. The van der Waals surface area contributed by atoms with Gasteiger partial charge in [0.1, 0.15) is 5.82 Å². The molecule has 0 aliphatic carbocycles. The van der Waals surface area contributed by atoms with E-state index in [1.807, 2.05) is 10.7 Å². The van der Waals surface area contributed by atoms with E-state index in [0.717, 1.165) is 31.9 Å². The Balaban J connectivity index is 1.57. The maximum Gasteiger partial charge on any atom is 0.227 e. The summed E-state index contributed by atoms with van der Waals surface area (Å²) >= 11 is 0. The Morgan fingerprint density at radius 2 is 2.44 bits per heavy atom. The van der Waals surface area contributed by atoms with Crippen molar-refractivity contribution in [3.63, 3.8) is 0 Å². The van der Waals surface area contributed by atoms with Crippen molar-refractivity contribution in [3.8, 4) is 0 Å². The van der Waals surface area contributed by atoms with E-state index in [4.69, 9.17) is 0 Å². The molecule has 0 aromatic carbocycles. The minimum Gasteiger partial charge on any atom is -0.313 e. The predicted molar refractivity (Wildman–Crippen MR) is 68.4 cm³/mol. The number of anilines is 1. The number of nitrogens with zero attached hydrogens (tertiary/aromatic N) is 2. The second-order valence-electron chi connectivity index (χ2n) is 5.02. The minimum atomic E-state index is 0.0726. The summed E-state index contributed by atoms with van der Waals surface area (Å²) < 4.78 is 1.90. The smallest absolute Gasteiger partial charge is 0.227 e. The van der Waals surface area contributed by atoms with Crippen molar-refractivity contribution in [2.24, 2.45) is 0 Å². The Morgan fingerprint density at radius 3 is 3.11 bits per heavy atom. The summed E-state index contributed by atoms with van der Waals surface area (Å²) in [6.45, 7) is 2.88. The number of rotatable bonds is 4. The lowest BCUT2D eigenvalue weighted by atomic mass is 10.1. The van der Waals surface area contributed by atoms with Crippen molar-refractivity contribution >= 4 is 11.7 Å². The summed E-state index contributed by atoms with van der Waals surface area (Å²) in [6.07, 6.45) is 4.55. The molecule has 3 N–H and O–H groups in total. The molecule has 1 atom stereocenters. The molecule has 2 aliphatic heterocycles. The van der Waals surface area contributed by atoms with E-state index >= 15 is 0 Å². The minimum absolute atomic E-state index is 0.0726. The first kappa shape index (κ1) is 11.7. The molecule has 0 saturated carbocycles. The van der Waals surface area contributed by atoms with Crippen LogP contribution < -0.4 is 16.0 Å². The van der Waals surface area contributed by atoms with E-state index in [-0.39, 0.29) is 5.91 Å². The average molecular weight is 249 g/mol. The van der Waals surface area contributed by atoms with Gasteiger partial charge in [0.05, 0.1) is 12.2 Å². The van der Waals surface area contributed by atoms with Crippen LogP contribution in [-0.2, 0) is 4.79 Å². The van der Waals surface area contributed by atoms with Gasteiger partial charge in [0.25, 0.3) is 0 Å². The molecule has 0 bridgehead atoms. The largest absolute Gasteiger partial charge is 0.313 e. The lowest BCUT2D eigenvalue weighted by Gasteiger charge is -2.28. The van der Waals surface area contributed by atoms with Crippen molar-refractivity contribution in [2.75, 3.05) is 25.0 Å². The molecule has 0 spiro atoms. The van der Waals surface area contributed by atoms with Gasteiger partial charge in [0, 0.05) is 31.6 Å². The molecular formula is C12H19N5O. The third kappa shape index (κ3) is 2.39.